The molecule has 11 heteroatoms. The number of nitrogens with zero attached hydrogens (tertiary/aromatic N) is 5. The van der Waals surface area contributed by atoms with Gasteiger partial charge in [0.05, 0.1) is 23.2 Å². The summed E-state index contributed by atoms with van der Waals surface area (Å²) in [5, 5.41) is 0.852. The van der Waals surface area contributed by atoms with Crippen LogP contribution in [-0.2, 0) is 21.4 Å². The molecule has 10 nitrogen and oxygen atoms in total. The zero-order chi connectivity index (χ0) is 30.6. The molecule has 43 heavy (non-hydrogen) atoms. The van der Waals surface area contributed by atoms with E-state index in [1.54, 1.807) is 44.1 Å². The van der Waals surface area contributed by atoms with Crippen LogP contribution in [0.5, 0.6) is 5.75 Å². The number of carbonyl (C=O) groups is 1. The van der Waals surface area contributed by atoms with Gasteiger partial charge in [-0.05, 0) is 74.3 Å². The lowest BCUT2D eigenvalue weighted by Crippen LogP contribution is -2.47. The molecule has 1 fully saturated rings. The number of nitrogens with one attached hydrogen (secondary N) is 1. The Bertz CT molecular complexity index is 1660. The third-order valence-electron chi connectivity index (χ3n) is 8.07. The largest absolute Gasteiger partial charge is 0.497 e. The number of hydrogen-bond acceptors (Lipinski definition) is 7. The third-order valence-corrected chi connectivity index (χ3v) is 9.74. The third kappa shape index (κ3) is 6.94. The van der Waals surface area contributed by atoms with Crippen molar-refractivity contribution in [2.45, 2.75) is 31.7 Å². The number of likely N-dealkylation sites (N-methyl/N-ethyl adjacent to an activating group) is 1. The Kier molecular flexibility index (Phi) is 9.22. The number of aromatic nitrogens is 2. The maximum absolute atomic E-state index is 13.5. The van der Waals surface area contributed by atoms with Crippen molar-refractivity contribution in [2.24, 2.45) is 0 Å². The molecule has 2 aromatic heterocycles. The van der Waals surface area contributed by atoms with Crippen molar-refractivity contribution in [3.63, 3.8) is 0 Å². The van der Waals surface area contributed by atoms with E-state index in [0.29, 0.717) is 34.6 Å². The van der Waals surface area contributed by atoms with Crippen LogP contribution in [0.15, 0.2) is 72.0 Å². The molecule has 0 spiro atoms. The molecule has 0 radical (unpaired) electrons. The van der Waals surface area contributed by atoms with Gasteiger partial charge in [0.2, 0.25) is 5.91 Å². The Balaban J connectivity index is 1.20. The lowest BCUT2D eigenvalue weighted by atomic mass is 10.1. The molecule has 1 N–H and O–H groups in total. The van der Waals surface area contributed by atoms with E-state index in [1.165, 1.54) is 5.69 Å². The topological polar surface area (TPSA) is 100 Å². The fraction of sp³-hybridized carbons (Fsp3) is 0.375. The lowest BCUT2D eigenvalue weighted by molar-refractivity contribution is -0.130. The van der Waals surface area contributed by atoms with E-state index in [0.717, 1.165) is 44.5 Å². The number of sulfonamides is 1. The molecule has 228 valence electrons. The van der Waals surface area contributed by atoms with Crippen molar-refractivity contribution in [1.82, 2.24) is 19.4 Å². The van der Waals surface area contributed by atoms with Gasteiger partial charge >= 0.3 is 0 Å². The molecule has 0 atom stereocenters. The van der Waals surface area contributed by atoms with E-state index in [2.05, 4.69) is 19.5 Å². The highest BCUT2D eigenvalue weighted by Crippen LogP contribution is 2.31. The molecule has 0 bridgehead atoms. The number of hydrogen-bond donors (Lipinski definition) is 1. The highest BCUT2D eigenvalue weighted by molar-refractivity contribution is 7.92. The summed E-state index contributed by atoms with van der Waals surface area (Å²) in [4.78, 5) is 24.1. The van der Waals surface area contributed by atoms with Gasteiger partial charge in [0, 0.05) is 69.4 Å². The number of carbonyl (C=O) groups excluding carboxylic acids is 1. The van der Waals surface area contributed by atoms with Crippen LogP contribution in [-0.4, -0.2) is 87.1 Å². The predicted octanol–water partition coefficient (Wildman–Crippen LogP) is 4.13. The molecule has 2 aromatic carbocycles. The second-order valence-corrected chi connectivity index (χ2v) is 12.7. The monoisotopic (exact) mass is 604 g/mol. The second kappa shape index (κ2) is 13.0. The molecule has 1 amide bonds. The first kappa shape index (κ1) is 30.4. The zero-order valence-electron chi connectivity index (χ0n) is 25.3. The summed E-state index contributed by atoms with van der Waals surface area (Å²) in [6.07, 6.45) is 6.37. The van der Waals surface area contributed by atoms with E-state index in [-0.39, 0.29) is 17.3 Å². The molecule has 3 heterocycles. The Morgan fingerprint density at radius 2 is 1.72 bits per heavy atom. The second-order valence-electron chi connectivity index (χ2n) is 11.1. The highest BCUT2D eigenvalue weighted by atomic mass is 32.2. The maximum Gasteiger partial charge on any atom is 0.262 e. The minimum atomic E-state index is -3.90. The number of para-hydroxylation sites is 1. The zero-order valence-corrected chi connectivity index (χ0v) is 26.1. The fourth-order valence-electron chi connectivity index (χ4n) is 5.83. The van der Waals surface area contributed by atoms with Gasteiger partial charge in [0.25, 0.3) is 10.0 Å². The number of amides is 1. The van der Waals surface area contributed by atoms with Gasteiger partial charge in [0.15, 0.2) is 0 Å². The summed E-state index contributed by atoms with van der Waals surface area (Å²) < 4.78 is 37.0. The number of aryl methyl sites for hydroxylation is 2. The summed E-state index contributed by atoms with van der Waals surface area (Å²) in [5.74, 6) is 0.579. The number of methoxy groups -OCH3 is 1. The molecular weight excluding hydrogens is 564 g/mol. The first-order valence-electron chi connectivity index (χ1n) is 14.5. The molecule has 4 aromatic rings. The van der Waals surface area contributed by atoms with Crippen LogP contribution < -0.4 is 14.4 Å². The van der Waals surface area contributed by atoms with Crippen LogP contribution in [0.3, 0.4) is 0 Å². The van der Waals surface area contributed by atoms with Crippen molar-refractivity contribution in [3.8, 4) is 5.75 Å². The minimum absolute atomic E-state index is 0.0282. The number of fused-ring (bicyclic) bond motifs is 1. The summed E-state index contributed by atoms with van der Waals surface area (Å²) in [6, 6.07) is 14.9. The number of pyridine rings is 1. The van der Waals surface area contributed by atoms with Crippen molar-refractivity contribution in [1.29, 1.82) is 0 Å². The Hall–Kier alpha value is -4.09. The SMILES string of the molecule is COc1cc(C)c(S(=O)(=O)Nc2cccc3ccn(CC(=O)N(C)CCCN4CCN(c5ccncc5)CC4)c23)c(C)c1. The predicted molar refractivity (Wildman–Crippen MR) is 170 cm³/mol. The molecule has 0 saturated carbocycles. The van der Waals surface area contributed by atoms with Gasteiger partial charge in [-0.1, -0.05) is 12.1 Å². The Labute approximate surface area is 253 Å². The summed E-state index contributed by atoms with van der Waals surface area (Å²) in [6.45, 7) is 9.14. The average molecular weight is 605 g/mol. The number of ether oxygens (including phenoxy) is 1. The van der Waals surface area contributed by atoms with Gasteiger partial charge in [-0.25, -0.2) is 8.42 Å². The van der Waals surface area contributed by atoms with Gasteiger partial charge in [-0.15, -0.1) is 0 Å². The van der Waals surface area contributed by atoms with Crippen molar-refractivity contribution in [3.05, 3.63) is 78.2 Å². The van der Waals surface area contributed by atoms with Crippen molar-refractivity contribution < 1.29 is 17.9 Å². The van der Waals surface area contributed by atoms with Crippen LogP contribution in [0.2, 0.25) is 0 Å². The number of piperazine rings is 1. The average Bonchev–Trinajstić information content (AvgIpc) is 3.40. The normalized spacial score (nSPS) is 14.2. The quantitative estimate of drug-likeness (QED) is 0.275. The van der Waals surface area contributed by atoms with Gasteiger partial charge in [-0.2, -0.15) is 0 Å². The van der Waals surface area contributed by atoms with Crippen molar-refractivity contribution in [2.75, 3.05) is 63.0 Å². The molecule has 0 aliphatic carbocycles. The van der Waals surface area contributed by atoms with E-state index in [9.17, 15) is 13.2 Å². The van der Waals surface area contributed by atoms with Crippen LogP contribution in [0, 0.1) is 13.8 Å². The summed E-state index contributed by atoms with van der Waals surface area (Å²) >= 11 is 0. The molecule has 0 unspecified atom stereocenters. The molecule has 1 saturated heterocycles. The first-order chi connectivity index (χ1) is 20.7. The van der Waals surface area contributed by atoms with Crippen LogP contribution >= 0.6 is 0 Å². The van der Waals surface area contributed by atoms with Crippen LogP contribution in [0.25, 0.3) is 10.9 Å². The molecule has 1 aliphatic rings. The Morgan fingerprint density at radius 3 is 2.40 bits per heavy atom. The number of rotatable bonds is 11. The molecule has 5 rings (SSSR count). The highest BCUT2D eigenvalue weighted by Gasteiger charge is 2.23. The van der Waals surface area contributed by atoms with Gasteiger partial charge in [-0.3, -0.25) is 19.4 Å². The van der Waals surface area contributed by atoms with E-state index in [1.807, 2.05) is 60.5 Å². The standard InChI is InChI=1S/C32H40N6O4S/c1-24-21-28(42-4)22-25(2)32(24)43(40,41)34-29-8-5-7-26-11-16-38(31(26)29)23-30(39)35(3)14-6-15-36-17-19-37(20-18-36)27-9-12-33-13-10-27/h5,7-13,16,21-22,34H,6,14-15,17-20,23H2,1-4H3. The van der Waals surface area contributed by atoms with E-state index in [4.69, 9.17) is 4.74 Å². The summed E-state index contributed by atoms with van der Waals surface area (Å²) in [5.41, 5.74) is 3.50. The maximum atomic E-state index is 13.5. The molecule has 1 aliphatic heterocycles. The number of anilines is 2. The lowest BCUT2D eigenvalue weighted by Gasteiger charge is -2.36. The van der Waals surface area contributed by atoms with Crippen molar-refractivity contribution >= 4 is 38.2 Å². The van der Waals surface area contributed by atoms with Crippen LogP contribution in [0.4, 0.5) is 11.4 Å². The first-order valence-corrected chi connectivity index (χ1v) is 16.0. The minimum Gasteiger partial charge on any atom is -0.497 e. The number of benzene rings is 2. The van der Waals surface area contributed by atoms with E-state index < -0.39 is 10.0 Å². The fourth-order valence-corrected chi connectivity index (χ4v) is 7.35. The van der Waals surface area contributed by atoms with Gasteiger partial charge in [0.1, 0.15) is 12.3 Å². The van der Waals surface area contributed by atoms with E-state index >= 15 is 0 Å². The van der Waals surface area contributed by atoms with Crippen LogP contribution in [0.1, 0.15) is 17.5 Å². The van der Waals surface area contributed by atoms with Gasteiger partial charge < -0.3 is 19.1 Å². The summed E-state index contributed by atoms with van der Waals surface area (Å²) in [7, 11) is -0.513. The smallest absolute Gasteiger partial charge is 0.262 e. The Morgan fingerprint density at radius 1 is 1.02 bits per heavy atom. The molecular formula is C32H40N6O4S.